The average molecular weight is 494 g/mol. The van der Waals surface area contributed by atoms with E-state index in [1.54, 1.807) is 30.3 Å². The van der Waals surface area contributed by atoms with Crippen molar-refractivity contribution in [1.82, 2.24) is 16.0 Å². The van der Waals surface area contributed by atoms with E-state index in [2.05, 4.69) is 20.9 Å². The number of hydrogen-bond donors (Lipinski definition) is 8. The standard InChI is InChI=1S/C21H31N7O7/c22-13(10-16(29)30)18(33)28-15(9-12-5-2-1-3-6-12)20(35)27-14(7-4-8-25-21(23)24)19(34)26-11-17(31)32/h1-3,5-6,13-15H,4,7-11,22H2,(H,26,34)(H,27,35)(H,28,33)(H,29,30)(H,31,32)(H4,23,24,25). The summed E-state index contributed by atoms with van der Waals surface area (Å²) in [6.45, 7) is -0.498. The molecular weight excluding hydrogens is 462 g/mol. The lowest BCUT2D eigenvalue weighted by Crippen LogP contribution is -2.56. The summed E-state index contributed by atoms with van der Waals surface area (Å²) in [5, 5.41) is 24.8. The van der Waals surface area contributed by atoms with E-state index in [1.807, 2.05) is 0 Å². The molecule has 0 heterocycles. The highest BCUT2D eigenvalue weighted by Gasteiger charge is 2.29. The number of amides is 3. The van der Waals surface area contributed by atoms with E-state index < -0.39 is 60.8 Å². The second-order valence-electron chi connectivity index (χ2n) is 7.58. The van der Waals surface area contributed by atoms with Crippen molar-refractivity contribution in [3.05, 3.63) is 35.9 Å². The maximum absolute atomic E-state index is 13.1. The molecule has 11 N–H and O–H groups in total. The zero-order valence-corrected chi connectivity index (χ0v) is 19.0. The molecule has 0 aliphatic heterocycles. The van der Waals surface area contributed by atoms with Crippen molar-refractivity contribution in [2.45, 2.75) is 43.8 Å². The van der Waals surface area contributed by atoms with Gasteiger partial charge in [0.25, 0.3) is 0 Å². The molecule has 1 rings (SSSR count). The van der Waals surface area contributed by atoms with Crippen LogP contribution >= 0.6 is 0 Å². The van der Waals surface area contributed by atoms with Gasteiger partial charge in [-0.05, 0) is 18.4 Å². The van der Waals surface area contributed by atoms with Crippen molar-refractivity contribution in [3.8, 4) is 0 Å². The molecule has 0 aliphatic rings. The number of carbonyl (C=O) groups is 5. The second-order valence-corrected chi connectivity index (χ2v) is 7.58. The van der Waals surface area contributed by atoms with E-state index in [1.165, 1.54) is 0 Å². The van der Waals surface area contributed by atoms with Crippen molar-refractivity contribution >= 4 is 35.6 Å². The van der Waals surface area contributed by atoms with Gasteiger partial charge in [-0.2, -0.15) is 0 Å². The van der Waals surface area contributed by atoms with Crippen LogP contribution in [0.1, 0.15) is 24.8 Å². The van der Waals surface area contributed by atoms with Crippen molar-refractivity contribution in [1.29, 1.82) is 0 Å². The monoisotopic (exact) mass is 493 g/mol. The van der Waals surface area contributed by atoms with E-state index in [0.717, 1.165) is 0 Å². The average Bonchev–Trinajstić information content (AvgIpc) is 2.78. The lowest BCUT2D eigenvalue weighted by atomic mass is 10.0. The van der Waals surface area contributed by atoms with Gasteiger partial charge in [-0.25, -0.2) is 0 Å². The predicted molar refractivity (Wildman–Crippen MR) is 125 cm³/mol. The van der Waals surface area contributed by atoms with Crippen LogP contribution in [0.4, 0.5) is 0 Å². The van der Waals surface area contributed by atoms with Gasteiger partial charge in [0.1, 0.15) is 18.6 Å². The van der Waals surface area contributed by atoms with Crippen LogP contribution in [0.3, 0.4) is 0 Å². The van der Waals surface area contributed by atoms with Crippen LogP contribution in [-0.4, -0.2) is 77.0 Å². The molecule has 35 heavy (non-hydrogen) atoms. The van der Waals surface area contributed by atoms with Gasteiger partial charge in [0.2, 0.25) is 17.7 Å². The third kappa shape index (κ3) is 12.0. The Balaban J connectivity index is 3.03. The number of carboxylic acids is 2. The first-order chi connectivity index (χ1) is 16.5. The normalized spacial score (nSPS) is 12.9. The van der Waals surface area contributed by atoms with Crippen LogP contribution in [0.25, 0.3) is 0 Å². The summed E-state index contributed by atoms with van der Waals surface area (Å²) in [5.41, 5.74) is 16.8. The van der Waals surface area contributed by atoms with Crippen LogP contribution in [0, 0.1) is 0 Å². The van der Waals surface area contributed by atoms with Crippen LogP contribution in [-0.2, 0) is 30.4 Å². The Morgan fingerprint density at radius 1 is 0.886 bits per heavy atom. The van der Waals surface area contributed by atoms with Gasteiger partial charge in [0, 0.05) is 13.0 Å². The third-order valence-electron chi connectivity index (χ3n) is 4.64. The molecular formula is C21H31N7O7. The molecule has 0 bridgehead atoms. The number of carbonyl (C=O) groups excluding carboxylic acids is 3. The lowest BCUT2D eigenvalue weighted by Gasteiger charge is -2.24. The van der Waals surface area contributed by atoms with Gasteiger partial charge in [-0.15, -0.1) is 0 Å². The fourth-order valence-corrected chi connectivity index (χ4v) is 2.95. The Hall–Kier alpha value is -4.20. The minimum Gasteiger partial charge on any atom is -0.481 e. The maximum atomic E-state index is 13.1. The number of aliphatic carboxylic acids is 2. The van der Waals surface area contributed by atoms with Gasteiger partial charge < -0.3 is 43.4 Å². The molecule has 0 spiro atoms. The highest BCUT2D eigenvalue weighted by atomic mass is 16.4. The quantitative estimate of drug-likeness (QED) is 0.0710. The smallest absolute Gasteiger partial charge is 0.322 e. The number of benzene rings is 1. The molecule has 14 nitrogen and oxygen atoms in total. The molecule has 0 saturated carbocycles. The summed E-state index contributed by atoms with van der Waals surface area (Å²) < 4.78 is 0. The molecule has 3 unspecified atom stereocenters. The number of nitrogens with zero attached hydrogens (tertiary/aromatic N) is 1. The summed E-state index contributed by atoms with van der Waals surface area (Å²) in [4.78, 5) is 63.4. The zero-order chi connectivity index (χ0) is 26.4. The summed E-state index contributed by atoms with van der Waals surface area (Å²) >= 11 is 0. The summed E-state index contributed by atoms with van der Waals surface area (Å²) in [6, 6.07) is 4.91. The fraction of sp³-hybridized carbons (Fsp3) is 0.429. The minimum atomic E-state index is -1.40. The lowest BCUT2D eigenvalue weighted by molar-refractivity contribution is -0.139. The predicted octanol–water partition coefficient (Wildman–Crippen LogP) is -2.74. The van der Waals surface area contributed by atoms with E-state index in [0.29, 0.717) is 5.56 Å². The first kappa shape index (κ1) is 28.8. The number of carboxylic acid groups (broad SMARTS) is 2. The van der Waals surface area contributed by atoms with Gasteiger partial charge in [-0.3, -0.25) is 29.0 Å². The van der Waals surface area contributed by atoms with Crippen LogP contribution in [0.5, 0.6) is 0 Å². The van der Waals surface area contributed by atoms with E-state index in [-0.39, 0.29) is 31.8 Å². The largest absolute Gasteiger partial charge is 0.481 e. The molecule has 0 fully saturated rings. The molecule has 0 aliphatic carbocycles. The van der Waals surface area contributed by atoms with Crippen LogP contribution < -0.4 is 33.2 Å². The van der Waals surface area contributed by atoms with Gasteiger partial charge >= 0.3 is 11.9 Å². The topological polar surface area (TPSA) is 252 Å². The number of nitrogens with one attached hydrogen (secondary N) is 3. The van der Waals surface area contributed by atoms with Crippen molar-refractivity contribution < 1.29 is 34.2 Å². The van der Waals surface area contributed by atoms with Crippen molar-refractivity contribution in [2.24, 2.45) is 22.2 Å². The van der Waals surface area contributed by atoms with Gasteiger partial charge in [0.05, 0.1) is 12.5 Å². The summed E-state index contributed by atoms with van der Waals surface area (Å²) in [6.07, 6.45) is -0.271. The number of guanidine groups is 1. The second kappa shape index (κ2) is 14.8. The third-order valence-corrected chi connectivity index (χ3v) is 4.64. The Morgan fingerprint density at radius 3 is 2.09 bits per heavy atom. The number of aliphatic imine (C=N–C) groups is 1. The molecule has 192 valence electrons. The van der Waals surface area contributed by atoms with E-state index in [9.17, 15) is 24.0 Å². The zero-order valence-electron chi connectivity index (χ0n) is 19.0. The number of nitrogens with two attached hydrogens (primary N) is 3. The Morgan fingerprint density at radius 2 is 1.51 bits per heavy atom. The Bertz CT molecular complexity index is 920. The first-order valence-corrected chi connectivity index (χ1v) is 10.7. The molecule has 3 atom stereocenters. The van der Waals surface area contributed by atoms with Crippen LogP contribution in [0.15, 0.2) is 35.3 Å². The minimum absolute atomic E-state index is 0.0235. The molecule has 0 radical (unpaired) electrons. The highest BCUT2D eigenvalue weighted by Crippen LogP contribution is 2.06. The Labute approximate surface area is 201 Å². The maximum Gasteiger partial charge on any atom is 0.322 e. The Kier molecular flexibility index (Phi) is 12.2. The van der Waals surface area contributed by atoms with E-state index >= 15 is 0 Å². The SMILES string of the molecule is NC(N)=NCCCC(NC(=O)C(Cc1ccccc1)NC(=O)C(N)CC(=O)O)C(=O)NCC(=O)O. The molecule has 0 saturated heterocycles. The molecule has 1 aromatic carbocycles. The first-order valence-electron chi connectivity index (χ1n) is 10.7. The summed E-state index contributed by atoms with van der Waals surface area (Å²) in [7, 11) is 0. The van der Waals surface area contributed by atoms with E-state index in [4.69, 9.17) is 27.4 Å². The molecule has 0 aromatic heterocycles. The van der Waals surface area contributed by atoms with Crippen molar-refractivity contribution in [2.75, 3.05) is 13.1 Å². The summed E-state index contributed by atoms with van der Waals surface area (Å²) in [5.74, 6) is -5.06. The van der Waals surface area contributed by atoms with Gasteiger partial charge in [0.15, 0.2) is 5.96 Å². The van der Waals surface area contributed by atoms with Gasteiger partial charge in [-0.1, -0.05) is 30.3 Å². The molecule has 3 amide bonds. The number of rotatable bonds is 15. The highest BCUT2D eigenvalue weighted by molar-refractivity contribution is 5.94. The van der Waals surface area contributed by atoms with Crippen molar-refractivity contribution in [3.63, 3.8) is 0 Å². The number of hydrogen-bond acceptors (Lipinski definition) is 7. The molecule has 14 heteroatoms. The van der Waals surface area contributed by atoms with Crippen LogP contribution in [0.2, 0.25) is 0 Å². The fourth-order valence-electron chi connectivity index (χ4n) is 2.95. The molecule has 1 aromatic rings.